The largest absolute Gasteiger partial charge is 0.491 e. The van der Waals surface area contributed by atoms with E-state index in [1.54, 1.807) is 25.3 Å². The summed E-state index contributed by atoms with van der Waals surface area (Å²) in [5.41, 5.74) is 0.514. The average molecular weight is 209 g/mol. The normalized spacial score (nSPS) is 12.5. The van der Waals surface area contributed by atoms with E-state index in [2.05, 4.69) is 4.98 Å². The first-order valence-corrected chi connectivity index (χ1v) is 4.86. The Morgan fingerprint density at radius 1 is 1.47 bits per heavy atom. The molecule has 0 saturated carbocycles. The fourth-order valence-electron chi connectivity index (χ4n) is 1.14. The second-order valence-corrected chi connectivity index (χ2v) is 3.64. The van der Waals surface area contributed by atoms with Crippen LogP contribution in [0.4, 0.5) is 0 Å². The molecule has 0 aromatic carbocycles. The molecule has 0 spiro atoms. The van der Waals surface area contributed by atoms with E-state index in [0.29, 0.717) is 11.4 Å². The lowest BCUT2D eigenvalue weighted by atomic mass is 10.1. The Labute approximate surface area is 88.9 Å². The summed E-state index contributed by atoms with van der Waals surface area (Å²) in [4.78, 5) is 14.8. The molecule has 0 fully saturated rings. The molecule has 1 atom stereocenters. The minimum atomic E-state index is -0.885. The van der Waals surface area contributed by atoms with E-state index >= 15 is 0 Å². The maximum absolute atomic E-state index is 10.8. The number of carboxylic acid groups (broad SMARTS) is 1. The van der Waals surface area contributed by atoms with Gasteiger partial charge in [0.15, 0.2) is 0 Å². The number of nitrogens with zero attached hydrogens (tertiary/aromatic N) is 1. The van der Waals surface area contributed by atoms with Crippen LogP contribution in [-0.4, -0.2) is 22.2 Å². The van der Waals surface area contributed by atoms with Crippen LogP contribution < -0.4 is 4.74 Å². The Morgan fingerprint density at radius 3 is 2.67 bits per heavy atom. The monoisotopic (exact) mass is 209 g/mol. The molecule has 0 aliphatic carbocycles. The molecule has 4 heteroatoms. The van der Waals surface area contributed by atoms with Crippen LogP contribution in [0.1, 0.15) is 32.4 Å². The Kier molecular flexibility index (Phi) is 3.66. The fourth-order valence-corrected chi connectivity index (χ4v) is 1.14. The molecule has 82 valence electrons. The number of carboxylic acids is 1. The van der Waals surface area contributed by atoms with Crippen LogP contribution in [0.3, 0.4) is 0 Å². The van der Waals surface area contributed by atoms with Crippen molar-refractivity contribution in [1.29, 1.82) is 0 Å². The van der Waals surface area contributed by atoms with Crippen LogP contribution in [0.25, 0.3) is 0 Å². The van der Waals surface area contributed by atoms with Crippen molar-refractivity contribution in [3.05, 3.63) is 24.0 Å². The first-order valence-electron chi connectivity index (χ1n) is 4.86. The second kappa shape index (κ2) is 4.77. The fraction of sp³-hybridized carbons (Fsp3) is 0.455. The van der Waals surface area contributed by atoms with Gasteiger partial charge in [-0.25, -0.2) is 0 Å². The van der Waals surface area contributed by atoms with Crippen molar-refractivity contribution in [3.8, 4) is 5.75 Å². The van der Waals surface area contributed by atoms with Crippen LogP contribution in [0.2, 0.25) is 0 Å². The summed E-state index contributed by atoms with van der Waals surface area (Å²) >= 11 is 0. The Morgan fingerprint density at radius 2 is 2.13 bits per heavy atom. The first-order chi connectivity index (χ1) is 7.00. The number of ether oxygens (including phenoxy) is 1. The Hall–Kier alpha value is -1.58. The second-order valence-electron chi connectivity index (χ2n) is 3.64. The molecule has 0 bridgehead atoms. The summed E-state index contributed by atoms with van der Waals surface area (Å²) in [6, 6.07) is 3.39. The molecule has 0 aliphatic rings. The van der Waals surface area contributed by atoms with Crippen LogP contribution in [0.15, 0.2) is 18.3 Å². The van der Waals surface area contributed by atoms with E-state index in [9.17, 15) is 4.79 Å². The molecule has 15 heavy (non-hydrogen) atoms. The Bertz CT molecular complexity index is 349. The molecule has 1 unspecified atom stereocenters. The zero-order valence-corrected chi connectivity index (χ0v) is 9.10. The average Bonchev–Trinajstić information content (AvgIpc) is 2.16. The van der Waals surface area contributed by atoms with Gasteiger partial charge in [0.25, 0.3) is 0 Å². The highest BCUT2D eigenvalue weighted by molar-refractivity contribution is 5.74. The third-order valence-electron chi connectivity index (χ3n) is 1.94. The van der Waals surface area contributed by atoms with E-state index in [0.717, 1.165) is 0 Å². The third kappa shape index (κ3) is 3.23. The van der Waals surface area contributed by atoms with E-state index in [1.165, 1.54) is 0 Å². The zero-order chi connectivity index (χ0) is 11.4. The summed E-state index contributed by atoms with van der Waals surface area (Å²) in [7, 11) is 0. The van der Waals surface area contributed by atoms with Gasteiger partial charge in [0, 0.05) is 12.3 Å². The van der Waals surface area contributed by atoms with Gasteiger partial charge >= 0.3 is 5.97 Å². The van der Waals surface area contributed by atoms with Gasteiger partial charge in [-0.05, 0) is 26.8 Å². The summed E-state index contributed by atoms with van der Waals surface area (Å²) in [5, 5.41) is 8.83. The van der Waals surface area contributed by atoms with Gasteiger partial charge in [-0.2, -0.15) is 0 Å². The lowest BCUT2D eigenvalue weighted by Crippen LogP contribution is -2.10. The van der Waals surface area contributed by atoms with Crippen LogP contribution in [0.5, 0.6) is 5.75 Å². The van der Waals surface area contributed by atoms with Gasteiger partial charge in [-0.15, -0.1) is 0 Å². The maximum Gasteiger partial charge on any atom is 0.312 e. The van der Waals surface area contributed by atoms with Crippen molar-refractivity contribution in [2.75, 3.05) is 0 Å². The van der Waals surface area contributed by atoms with Gasteiger partial charge in [0.05, 0.1) is 17.7 Å². The smallest absolute Gasteiger partial charge is 0.312 e. The van der Waals surface area contributed by atoms with Crippen molar-refractivity contribution in [2.24, 2.45) is 0 Å². The molecule has 0 aliphatic heterocycles. The highest BCUT2D eigenvalue weighted by atomic mass is 16.5. The zero-order valence-electron chi connectivity index (χ0n) is 9.10. The molecular formula is C11H15NO3. The molecule has 0 amide bonds. The first kappa shape index (κ1) is 11.5. The van der Waals surface area contributed by atoms with Gasteiger partial charge in [-0.1, -0.05) is 0 Å². The molecule has 1 N–H and O–H groups in total. The highest BCUT2D eigenvalue weighted by Gasteiger charge is 2.15. The molecule has 1 heterocycles. The van der Waals surface area contributed by atoms with Crippen LogP contribution in [-0.2, 0) is 4.79 Å². The number of aliphatic carboxylic acids is 1. The quantitative estimate of drug-likeness (QED) is 0.824. The molecule has 0 saturated heterocycles. The third-order valence-corrected chi connectivity index (χ3v) is 1.94. The van der Waals surface area contributed by atoms with Gasteiger partial charge in [0.2, 0.25) is 0 Å². The minimum absolute atomic E-state index is 0.0698. The van der Waals surface area contributed by atoms with Crippen molar-refractivity contribution in [1.82, 2.24) is 4.98 Å². The van der Waals surface area contributed by atoms with E-state index in [1.807, 2.05) is 13.8 Å². The molecule has 1 aromatic rings. The van der Waals surface area contributed by atoms with E-state index in [-0.39, 0.29) is 6.10 Å². The SMILES string of the molecule is CC(C)Oc1ccnc(C(C)C(=O)O)c1. The summed E-state index contributed by atoms with van der Waals surface area (Å²) in [6.07, 6.45) is 1.63. The van der Waals surface area contributed by atoms with Gasteiger partial charge in [-0.3, -0.25) is 9.78 Å². The molecule has 4 nitrogen and oxygen atoms in total. The van der Waals surface area contributed by atoms with E-state index < -0.39 is 11.9 Å². The molecular weight excluding hydrogens is 194 g/mol. The number of pyridine rings is 1. The summed E-state index contributed by atoms with van der Waals surface area (Å²) in [5.74, 6) is -0.840. The molecule has 1 rings (SSSR count). The molecule has 1 aromatic heterocycles. The number of hydrogen-bond donors (Lipinski definition) is 1. The highest BCUT2D eigenvalue weighted by Crippen LogP contribution is 2.19. The maximum atomic E-state index is 10.8. The number of hydrogen-bond acceptors (Lipinski definition) is 3. The van der Waals surface area contributed by atoms with Crippen molar-refractivity contribution in [2.45, 2.75) is 32.8 Å². The van der Waals surface area contributed by atoms with E-state index in [4.69, 9.17) is 9.84 Å². The number of carbonyl (C=O) groups is 1. The van der Waals surface area contributed by atoms with Gasteiger partial charge < -0.3 is 9.84 Å². The predicted octanol–water partition coefficient (Wildman–Crippen LogP) is 2.06. The number of rotatable bonds is 4. The number of aromatic nitrogens is 1. The Balaban J connectivity index is 2.87. The minimum Gasteiger partial charge on any atom is -0.491 e. The predicted molar refractivity (Wildman–Crippen MR) is 56.1 cm³/mol. The van der Waals surface area contributed by atoms with Crippen LogP contribution in [0, 0.1) is 0 Å². The summed E-state index contributed by atoms with van der Waals surface area (Å²) in [6.45, 7) is 5.44. The van der Waals surface area contributed by atoms with Crippen molar-refractivity contribution in [3.63, 3.8) is 0 Å². The van der Waals surface area contributed by atoms with Crippen molar-refractivity contribution >= 4 is 5.97 Å². The topological polar surface area (TPSA) is 59.4 Å². The lowest BCUT2D eigenvalue weighted by molar-refractivity contribution is -0.138. The standard InChI is InChI=1S/C11H15NO3/c1-7(2)15-9-4-5-12-10(6-9)8(3)11(13)14/h4-8H,1-3H3,(H,13,14). The van der Waals surface area contributed by atoms with Crippen molar-refractivity contribution < 1.29 is 14.6 Å². The van der Waals surface area contributed by atoms with Crippen LogP contribution >= 0.6 is 0 Å². The molecule has 0 radical (unpaired) electrons. The summed E-state index contributed by atoms with van der Waals surface area (Å²) < 4.78 is 5.45. The lowest BCUT2D eigenvalue weighted by Gasteiger charge is -2.11. The van der Waals surface area contributed by atoms with Gasteiger partial charge in [0.1, 0.15) is 5.75 Å².